The molecule has 0 aliphatic carbocycles. The molecule has 0 aromatic heterocycles. The summed E-state index contributed by atoms with van der Waals surface area (Å²) in [5.41, 5.74) is 0.950. The topological polar surface area (TPSA) is 86.7 Å². The van der Waals surface area contributed by atoms with Crippen LogP contribution in [-0.2, 0) is 16.5 Å². The van der Waals surface area contributed by atoms with Crippen LogP contribution in [0.3, 0.4) is 0 Å². The zero-order valence-electron chi connectivity index (χ0n) is 16.7. The number of hydrogen-bond donors (Lipinski definition) is 1. The van der Waals surface area contributed by atoms with Crippen LogP contribution in [0.25, 0.3) is 0 Å². The number of rotatable bonds is 11. The average Bonchev–Trinajstić information content (AvgIpc) is 2.62. The number of benzene rings is 2. The molecule has 148 valence electrons. The van der Waals surface area contributed by atoms with Crippen LogP contribution >= 0.6 is 0 Å². The molecule has 0 heterocycles. The fourth-order valence-electron chi connectivity index (χ4n) is 2.92. The minimum Gasteiger partial charge on any atom is -0.872 e. The third kappa shape index (κ3) is 8.53. The normalized spacial score (nSPS) is 11.1. The molecule has 2 aromatic rings. The Morgan fingerprint density at radius 1 is 0.929 bits per heavy atom. The molecule has 2 rings (SSSR count). The predicted molar refractivity (Wildman–Crippen MR) is 104 cm³/mol. The average molecular weight is 414 g/mol. The third-order valence-corrected chi connectivity index (χ3v) is 5.30. The van der Waals surface area contributed by atoms with Gasteiger partial charge in [0.25, 0.3) is 10.1 Å². The molecule has 0 aliphatic heterocycles. The smallest absolute Gasteiger partial charge is 0.872 e. The van der Waals surface area contributed by atoms with Gasteiger partial charge in [-0.25, -0.2) is 0 Å². The van der Waals surface area contributed by atoms with E-state index in [0.717, 1.165) is 24.8 Å². The Balaban J connectivity index is 0.00000392. The Morgan fingerprint density at radius 2 is 1.54 bits per heavy atom. The van der Waals surface area contributed by atoms with E-state index in [9.17, 15) is 18.1 Å². The van der Waals surface area contributed by atoms with Gasteiger partial charge in [0.2, 0.25) is 0 Å². The number of ether oxygens (including phenoxy) is 1. The molecule has 0 atom stereocenters. The number of unbranched alkanes of at least 4 members (excludes halogenated alkanes) is 6. The molecule has 0 unspecified atom stereocenters. The maximum absolute atomic E-state index is 11.6. The van der Waals surface area contributed by atoms with Gasteiger partial charge in [0.1, 0.15) is 16.4 Å². The fraction of sp³-hybridized carbons (Fsp3) is 0.429. The molecule has 5 nitrogen and oxygen atoms in total. The maximum atomic E-state index is 11.6. The van der Waals surface area contributed by atoms with Gasteiger partial charge >= 0.3 is 29.6 Å². The van der Waals surface area contributed by atoms with Crippen LogP contribution in [0, 0.1) is 0 Å². The summed E-state index contributed by atoms with van der Waals surface area (Å²) < 4.78 is 38.3. The van der Waals surface area contributed by atoms with Crippen molar-refractivity contribution in [3.05, 3.63) is 48.0 Å². The Bertz CT molecular complexity index is 819. The molecule has 0 fully saturated rings. The monoisotopic (exact) mass is 414 g/mol. The van der Waals surface area contributed by atoms with Crippen LogP contribution in [0.5, 0.6) is 17.2 Å². The molecular weight excluding hydrogens is 387 g/mol. The molecule has 0 saturated carbocycles. The molecule has 0 saturated heterocycles. The van der Waals surface area contributed by atoms with Crippen molar-refractivity contribution in [3.63, 3.8) is 0 Å². The van der Waals surface area contributed by atoms with Crippen molar-refractivity contribution in [2.24, 2.45) is 0 Å². The van der Waals surface area contributed by atoms with Gasteiger partial charge in [0.05, 0.1) is 0 Å². The van der Waals surface area contributed by atoms with Crippen LogP contribution in [0.15, 0.2) is 47.4 Å². The first-order valence-electron chi connectivity index (χ1n) is 9.45. The van der Waals surface area contributed by atoms with Crippen LogP contribution in [0.2, 0.25) is 0 Å². The second-order valence-corrected chi connectivity index (χ2v) is 8.09. The molecule has 2 aromatic carbocycles. The molecule has 1 N–H and O–H groups in total. The fourth-order valence-corrected chi connectivity index (χ4v) is 3.52. The Labute approximate surface area is 190 Å². The summed E-state index contributed by atoms with van der Waals surface area (Å²) in [7, 11) is -4.40. The summed E-state index contributed by atoms with van der Waals surface area (Å²) in [5.74, 6) is 0.245. The first-order valence-corrected chi connectivity index (χ1v) is 10.9. The van der Waals surface area contributed by atoms with E-state index in [1.54, 1.807) is 12.1 Å². The van der Waals surface area contributed by atoms with Crippen molar-refractivity contribution in [2.45, 2.75) is 63.2 Å². The minimum atomic E-state index is -4.40. The maximum Gasteiger partial charge on any atom is 1.00 e. The zero-order chi connectivity index (χ0) is 19.7. The first-order chi connectivity index (χ1) is 12.9. The van der Waals surface area contributed by atoms with Crippen LogP contribution in [0.4, 0.5) is 0 Å². The predicted octanol–water partition coefficient (Wildman–Crippen LogP) is 2.10. The summed E-state index contributed by atoms with van der Waals surface area (Å²) in [5, 5.41) is 11.2. The number of aryl methyl sites for hydroxylation is 1. The van der Waals surface area contributed by atoms with Gasteiger partial charge in [-0.1, -0.05) is 63.6 Å². The molecule has 0 bridgehead atoms. The van der Waals surface area contributed by atoms with Gasteiger partial charge < -0.3 is 9.84 Å². The summed E-state index contributed by atoms with van der Waals surface area (Å²) in [4.78, 5) is -0.281. The SMILES string of the molecule is CCCCCCCCCc1ccc(S(=O)(=O)O)c(Oc2ccc([O-])cc2)c1.[Na+]. The van der Waals surface area contributed by atoms with E-state index >= 15 is 0 Å². The quantitative estimate of drug-likeness (QED) is 0.346. The van der Waals surface area contributed by atoms with Crippen molar-refractivity contribution < 1.29 is 52.4 Å². The van der Waals surface area contributed by atoms with Crippen LogP contribution in [0.1, 0.15) is 57.4 Å². The largest absolute Gasteiger partial charge is 1.00 e. The van der Waals surface area contributed by atoms with Gasteiger partial charge in [-0.05, 0) is 42.7 Å². The first kappa shape index (κ1) is 25.0. The molecular formula is C21H27NaO5S. The summed E-state index contributed by atoms with van der Waals surface area (Å²) in [6.45, 7) is 2.20. The van der Waals surface area contributed by atoms with E-state index in [0.29, 0.717) is 5.75 Å². The van der Waals surface area contributed by atoms with Crippen molar-refractivity contribution >= 4 is 10.1 Å². The van der Waals surface area contributed by atoms with Gasteiger partial charge in [-0.2, -0.15) is 8.42 Å². The molecule has 0 spiro atoms. The molecule has 0 radical (unpaired) electrons. The van der Waals surface area contributed by atoms with E-state index < -0.39 is 10.1 Å². The van der Waals surface area contributed by atoms with E-state index in [2.05, 4.69) is 6.92 Å². The summed E-state index contributed by atoms with van der Waals surface area (Å²) >= 11 is 0. The number of hydrogen-bond acceptors (Lipinski definition) is 4. The molecule has 0 amide bonds. The second kappa shape index (κ2) is 12.5. The van der Waals surface area contributed by atoms with Crippen molar-refractivity contribution in [2.75, 3.05) is 0 Å². The Hall–Kier alpha value is -1.05. The van der Waals surface area contributed by atoms with E-state index in [1.165, 1.54) is 62.4 Å². The third-order valence-electron chi connectivity index (χ3n) is 4.41. The molecule has 0 aliphatic rings. The van der Waals surface area contributed by atoms with Crippen molar-refractivity contribution in [3.8, 4) is 17.2 Å². The van der Waals surface area contributed by atoms with Gasteiger partial charge in [0.15, 0.2) is 0 Å². The van der Waals surface area contributed by atoms with Gasteiger partial charge in [0, 0.05) is 0 Å². The van der Waals surface area contributed by atoms with Crippen molar-refractivity contribution in [1.82, 2.24) is 0 Å². The minimum absolute atomic E-state index is 0. The zero-order valence-corrected chi connectivity index (χ0v) is 19.5. The van der Waals surface area contributed by atoms with Crippen LogP contribution < -0.4 is 39.4 Å². The van der Waals surface area contributed by atoms with Gasteiger partial charge in [-0.15, -0.1) is 5.75 Å². The van der Waals surface area contributed by atoms with E-state index in [4.69, 9.17) is 4.74 Å². The van der Waals surface area contributed by atoms with E-state index in [-0.39, 0.29) is 46.0 Å². The van der Waals surface area contributed by atoms with Gasteiger partial charge in [-0.3, -0.25) is 4.55 Å². The van der Waals surface area contributed by atoms with E-state index in [1.807, 2.05) is 0 Å². The summed E-state index contributed by atoms with van der Waals surface area (Å²) in [6.07, 6.45) is 9.21. The van der Waals surface area contributed by atoms with Crippen molar-refractivity contribution in [1.29, 1.82) is 0 Å². The second-order valence-electron chi connectivity index (χ2n) is 6.70. The molecule has 28 heavy (non-hydrogen) atoms. The molecule has 7 heteroatoms. The Kier molecular flexibility index (Phi) is 11.2. The Morgan fingerprint density at radius 3 is 2.14 bits per heavy atom. The standard InChI is InChI=1S/C21H28O5S.Na/c1-2-3-4-5-6-7-8-9-17-10-15-21(27(23,24)25)20(16-17)26-19-13-11-18(22)12-14-19;/h10-16,22H,2-9H2,1H3,(H,23,24,25);/q;+1/p-1. The summed E-state index contributed by atoms with van der Waals surface area (Å²) in [6, 6.07) is 10.3. The van der Waals surface area contributed by atoms with Crippen LogP contribution in [-0.4, -0.2) is 13.0 Å².